The maximum absolute atomic E-state index is 12.3. The van der Waals surface area contributed by atoms with E-state index in [-0.39, 0.29) is 12.3 Å². The van der Waals surface area contributed by atoms with Crippen LogP contribution in [0.3, 0.4) is 0 Å². The van der Waals surface area contributed by atoms with Crippen molar-refractivity contribution >= 4 is 50.9 Å². The molecule has 0 unspecified atom stereocenters. The van der Waals surface area contributed by atoms with Gasteiger partial charge in [0.25, 0.3) is 5.91 Å². The number of amides is 2. The molecule has 156 valence electrons. The second kappa shape index (κ2) is 8.71. The molecule has 2 amide bonds. The number of carbonyl (C=O) groups excluding carboxylic acids is 3. The Morgan fingerprint density at radius 2 is 1.71 bits per heavy atom. The van der Waals surface area contributed by atoms with Crippen LogP contribution in [0, 0.1) is 0 Å². The van der Waals surface area contributed by atoms with Crippen LogP contribution in [0.4, 0.5) is 11.4 Å². The lowest BCUT2D eigenvalue weighted by atomic mass is 10.0. The van der Waals surface area contributed by atoms with E-state index < -0.39 is 18.5 Å². The van der Waals surface area contributed by atoms with Gasteiger partial charge in [0.05, 0.1) is 12.7 Å². The first-order chi connectivity index (χ1) is 15.0. The molecule has 7 nitrogen and oxygen atoms in total. The highest BCUT2D eigenvalue weighted by atomic mass is 16.5. The zero-order valence-corrected chi connectivity index (χ0v) is 16.8. The molecular formula is C24H20N2O5. The van der Waals surface area contributed by atoms with Crippen molar-refractivity contribution in [1.29, 1.82) is 0 Å². The standard InChI is InChI=1S/C24H20N2O5/c1-15(27)25-18-6-4-7-19(12-18)26-22(28)14-31-23(29)11-17-13-30-21-10-9-16-5-2-3-8-20(16)24(17)21/h2-10,12-13H,11,14H2,1H3,(H,25,27)(H,26,28). The second-order valence-electron chi connectivity index (χ2n) is 7.07. The number of hydrogen-bond donors (Lipinski definition) is 2. The van der Waals surface area contributed by atoms with Crippen molar-refractivity contribution in [1.82, 2.24) is 0 Å². The topological polar surface area (TPSA) is 97.6 Å². The maximum Gasteiger partial charge on any atom is 0.310 e. The van der Waals surface area contributed by atoms with Crippen molar-refractivity contribution in [3.05, 3.63) is 72.5 Å². The van der Waals surface area contributed by atoms with Gasteiger partial charge in [0.15, 0.2) is 6.61 Å². The van der Waals surface area contributed by atoms with E-state index in [0.717, 1.165) is 16.2 Å². The lowest BCUT2D eigenvalue weighted by molar-refractivity contribution is -0.146. The van der Waals surface area contributed by atoms with E-state index in [2.05, 4.69) is 10.6 Å². The van der Waals surface area contributed by atoms with E-state index in [9.17, 15) is 14.4 Å². The van der Waals surface area contributed by atoms with Gasteiger partial charge in [0.1, 0.15) is 5.58 Å². The molecule has 1 heterocycles. The second-order valence-corrected chi connectivity index (χ2v) is 7.07. The van der Waals surface area contributed by atoms with Crippen LogP contribution in [0.25, 0.3) is 21.7 Å². The number of hydrogen-bond acceptors (Lipinski definition) is 5. The molecule has 0 atom stereocenters. The fourth-order valence-corrected chi connectivity index (χ4v) is 3.43. The fourth-order valence-electron chi connectivity index (χ4n) is 3.43. The highest BCUT2D eigenvalue weighted by Crippen LogP contribution is 2.30. The monoisotopic (exact) mass is 416 g/mol. The Morgan fingerprint density at radius 3 is 2.52 bits per heavy atom. The first-order valence-electron chi connectivity index (χ1n) is 9.70. The van der Waals surface area contributed by atoms with Crippen molar-refractivity contribution in [3.63, 3.8) is 0 Å². The van der Waals surface area contributed by atoms with Crippen LogP contribution in [0.5, 0.6) is 0 Å². The van der Waals surface area contributed by atoms with E-state index >= 15 is 0 Å². The van der Waals surface area contributed by atoms with Gasteiger partial charge in [-0.05, 0) is 35.0 Å². The van der Waals surface area contributed by atoms with Crippen molar-refractivity contribution in [2.75, 3.05) is 17.2 Å². The highest BCUT2D eigenvalue weighted by Gasteiger charge is 2.15. The summed E-state index contributed by atoms with van der Waals surface area (Å²) in [6, 6.07) is 18.4. The van der Waals surface area contributed by atoms with Gasteiger partial charge in [0, 0.05) is 29.2 Å². The molecule has 0 aliphatic rings. The van der Waals surface area contributed by atoms with Gasteiger partial charge >= 0.3 is 5.97 Å². The number of anilines is 2. The van der Waals surface area contributed by atoms with Gasteiger partial charge in [-0.1, -0.05) is 36.4 Å². The minimum Gasteiger partial charge on any atom is -0.464 e. The van der Waals surface area contributed by atoms with Crippen LogP contribution in [0.2, 0.25) is 0 Å². The Balaban J connectivity index is 1.38. The molecule has 4 rings (SSSR count). The molecule has 3 aromatic carbocycles. The first-order valence-corrected chi connectivity index (χ1v) is 9.70. The third kappa shape index (κ3) is 4.72. The summed E-state index contributed by atoms with van der Waals surface area (Å²) in [6.45, 7) is 0.983. The molecule has 7 heteroatoms. The highest BCUT2D eigenvalue weighted by molar-refractivity contribution is 6.08. The predicted octanol–water partition coefficient (Wildman–Crippen LogP) is 4.27. The molecule has 0 fully saturated rings. The van der Waals surface area contributed by atoms with Crippen molar-refractivity contribution in [2.45, 2.75) is 13.3 Å². The summed E-state index contributed by atoms with van der Waals surface area (Å²) in [5.41, 5.74) is 2.44. The van der Waals surface area contributed by atoms with Crippen LogP contribution in [0.15, 0.2) is 71.3 Å². The quantitative estimate of drug-likeness (QED) is 0.458. The number of esters is 1. The van der Waals surface area contributed by atoms with E-state index in [1.165, 1.54) is 6.92 Å². The third-order valence-corrected chi connectivity index (χ3v) is 4.71. The number of ether oxygens (including phenoxy) is 1. The van der Waals surface area contributed by atoms with E-state index in [1.807, 2.05) is 36.4 Å². The average molecular weight is 416 g/mol. The lowest BCUT2D eigenvalue weighted by Crippen LogP contribution is -2.21. The van der Waals surface area contributed by atoms with Crippen LogP contribution in [0.1, 0.15) is 12.5 Å². The molecule has 4 aromatic rings. The molecule has 0 aliphatic heterocycles. The zero-order chi connectivity index (χ0) is 21.8. The minimum atomic E-state index is -0.530. The van der Waals surface area contributed by atoms with Gasteiger partial charge < -0.3 is 19.8 Å². The van der Waals surface area contributed by atoms with E-state index in [1.54, 1.807) is 30.5 Å². The minimum absolute atomic E-state index is 0.00763. The summed E-state index contributed by atoms with van der Waals surface area (Å²) >= 11 is 0. The Bertz CT molecular complexity index is 1290. The Hall–Kier alpha value is -4.13. The maximum atomic E-state index is 12.3. The van der Waals surface area contributed by atoms with E-state index in [0.29, 0.717) is 22.5 Å². The summed E-state index contributed by atoms with van der Waals surface area (Å²) in [5.74, 6) is -1.22. The summed E-state index contributed by atoms with van der Waals surface area (Å²) in [6.07, 6.45) is 1.54. The number of rotatable bonds is 6. The van der Waals surface area contributed by atoms with Gasteiger partial charge in [-0.3, -0.25) is 14.4 Å². The fraction of sp³-hybridized carbons (Fsp3) is 0.125. The van der Waals surface area contributed by atoms with Gasteiger partial charge in [-0.25, -0.2) is 0 Å². The number of benzene rings is 3. The summed E-state index contributed by atoms with van der Waals surface area (Å²) in [7, 11) is 0. The normalized spacial score (nSPS) is 10.7. The van der Waals surface area contributed by atoms with Crippen molar-refractivity contribution in [2.24, 2.45) is 0 Å². The number of furan rings is 1. The Morgan fingerprint density at radius 1 is 0.935 bits per heavy atom. The molecule has 2 N–H and O–H groups in total. The molecule has 0 saturated heterocycles. The van der Waals surface area contributed by atoms with Crippen LogP contribution in [-0.2, 0) is 25.5 Å². The summed E-state index contributed by atoms with van der Waals surface area (Å²) in [5, 5.41) is 8.19. The third-order valence-electron chi connectivity index (χ3n) is 4.71. The molecule has 0 bridgehead atoms. The summed E-state index contributed by atoms with van der Waals surface area (Å²) < 4.78 is 10.7. The van der Waals surface area contributed by atoms with E-state index in [4.69, 9.17) is 9.15 Å². The Labute approximate surface area is 178 Å². The SMILES string of the molecule is CC(=O)Nc1cccc(NC(=O)COC(=O)Cc2coc3ccc4ccccc4c23)c1. The van der Waals surface area contributed by atoms with Gasteiger partial charge in [-0.2, -0.15) is 0 Å². The molecule has 0 saturated carbocycles. The molecule has 31 heavy (non-hydrogen) atoms. The van der Waals surface area contributed by atoms with Crippen molar-refractivity contribution in [3.8, 4) is 0 Å². The average Bonchev–Trinajstić information content (AvgIpc) is 3.15. The van der Waals surface area contributed by atoms with Gasteiger partial charge in [0.2, 0.25) is 5.91 Å². The van der Waals surface area contributed by atoms with Crippen molar-refractivity contribution < 1.29 is 23.5 Å². The molecule has 0 spiro atoms. The number of nitrogens with one attached hydrogen (secondary N) is 2. The molecular weight excluding hydrogens is 396 g/mol. The number of fused-ring (bicyclic) bond motifs is 3. The molecule has 0 radical (unpaired) electrons. The van der Waals surface area contributed by atoms with Crippen LogP contribution in [-0.4, -0.2) is 24.4 Å². The van der Waals surface area contributed by atoms with Crippen LogP contribution >= 0.6 is 0 Å². The number of carbonyl (C=O) groups is 3. The van der Waals surface area contributed by atoms with Crippen LogP contribution < -0.4 is 10.6 Å². The lowest BCUT2D eigenvalue weighted by Gasteiger charge is -2.08. The smallest absolute Gasteiger partial charge is 0.310 e. The zero-order valence-electron chi connectivity index (χ0n) is 16.8. The summed E-state index contributed by atoms with van der Waals surface area (Å²) in [4.78, 5) is 35.6. The molecule has 0 aliphatic carbocycles. The largest absolute Gasteiger partial charge is 0.464 e. The Kier molecular flexibility index (Phi) is 5.66. The van der Waals surface area contributed by atoms with Gasteiger partial charge in [-0.15, -0.1) is 0 Å². The predicted molar refractivity (Wildman–Crippen MR) is 118 cm³/mol. The first kappa shape index (κ1) is 20.2. The molecule has 1 aromatic heterocycles.